The molecule has 30 heavy (non-hydrogen) atoms. The first-order valence-corrected chi connectivity index (χ1v) is 11.4. The van der Waals surface area contributed by atoms with Gasteiger partial charge in [0.1, 0.15) is 0 Å². The number of hydrogen-bond acceptors (Lipinski definition) is 5. The Morgan fingerprint density at radius 1 is 0.900 bits per heavy atom. The highest BCUT2D eigenvalue weighted by Gasteiger charge is 2.24. The minimum absolute atomic E-state index is 0.248. The molecule has 1 heterocycles. The Kier molecular flexibility index (Phi) is 7.54. The van der Waals surface area contributed by atoms with Crippen LogP contribution < -0.4 is 0 Å². The molecule has 1 fully saturated rings. The Bertz CT molecular complexity index is 990. The summed E-state index contributed by atoms with van der Waals surface area (Å²) in [5.74, 6) is -0.916. The van der Waals surface area contributed by atoms with Crippen molar-refractivity contribution < 1.29 is 22.7 Å². The fourth-order valence-electron chi connectivity index (χ4n) is 3.24. The molecule has 158 valence electrons. The molecule has 3 rings (SSSR count). The van der Waals surface area contributed by atoms with Crippen molar-refractivity contribution in [2.75, 3.05) is 19.7 Å². The molecule has 0 atom stereocenters. The summed E-state index contributed by atoms with van der Waals surface area (Å²) in [6, 6.07) is 15.0. The predicted molar refractivity (Wildman–Crippen MR) is 114 cm³/mol. The third kappa shape index (κ3) is 5.87. The van der Waals surface area contributed by atoms with E-state index >= 15 is 0 Å². The number of rotatable bonds is 7. The van der Waals surface area contributed by atoms with Crippen LogP contribution >= 0.6 is 0 Å². The highest BCUT2D eigenvalue weighted by molar-refractivity contribution is 7.89. The van der Waals surface area contributed by atoms with Crippen LogP contribution in [0.4, 0.5) is 0 Å². The number of ether oxygens (including phenoxy) is 1. The van der Waals surface area contributed by atoms with Crippen LogP contribution in [-0.2, 0) is 19.6 Å². The number of benzene rings is 2. The molecule has 2 aromatic rings. The molecule has 0 amide bonds. The molecule has 0 aromatic heterocycles. The van der Waals surface area contributed by atoms with Crippen molar-refractivity contribution in [3.05, 3.63) is 71.8 Å². The number of sulfonamides is 1. The van der Waals surface area contributed by atoms with Crippen molar-refractivity contribution >= 4 is 27.9 Å². The van der Waals surface area contributed by atoms with Crippen LogP contribution in [0.1, 0.15) is 41.6 Å². The van der Waals surface area contributed by atoms with Gasteiger partial charge in [-0.05, 0) is 36.6 Å². The van der Waals surface area contributed by atoms with E-state index in [1.165, 1.54) is 12.2 Å². The number of esters is 1. The fourth-order valence-corrected chi connectivity index (χ4v) is 4.76. The van der Waals surface area contributed by atoms with Gasteiger partial charge in [0.25, 0.3) is 0 Å². The van der Waals surface area contributed by atoms with Gasteiger partial charge in [-0.2, -0.15) is 4.31 Å². The zero-order valence-electron chi connectivity index (χ0n) is 16.7. The fraction of sp³-hybridized carbons (Fsp3) is 0.304. The van der Waals surface area contributed by atoms with Gasteiger partial charge in [-0.15, -0.1) is 0 Å². The Labute approximate surface area is 177 Å². The summed E-state index contributed by atoms with van der Waals surface area (Å²) in [7, 11) is -3.50. The summed E-state index contributed by atoms with van der Waals surface area (Å²) in [6.07, 6.45) is 6.63. The molecule has 1 saturated heterocycles. The SMILES string of the molecule is O=C(/C=C/c1ccc(S(=O)(=O)N2CCCCCC2)cc1)OCC(=O)c1ccccc1. The van der Waals surface area contributed by atoms with Gasteiger partial charge < -0.3 is 4.74 Å². The summed E-state index contributed by atoms with van der Waals surface area (Å²) >= 11 is 0. The first kappa shape index (κ1) is 21.9. The number of nitrogens with zero attached hydrogens (tertiary/aromatic N) is 1. The summed E-state index contributed by atoms with van der Waals surface area (Å²) in [6.45, 7) is 0.773. The lowest BCUT2D eigenvalue weighted by Gasteiger charge is -2.19. The van der Waals surface area contributed by atoms with Crippen molar-refractivity contribution in [1.82, 2.24) is 4.31 Å². The van der Waals surface area contributed by atoms with E-state index in [4.69, 9.17) is 4.74 Å². The zero-order chi connectivity index (χ0) is 21.4. The molecule has 0 saturated carbocycles. The molecule has 0 radical (unpaired) electrons. The number of carbonyl (C=O) groups excluding carboxylic acids is 2. The Hall–Kier alpha value is -2.77. The lowest BCUT2D eigenvalue weighted by molar-refractivity contribution is -0.136. The quantitative estimate of drug-likeness (QED) is 0.382. The van der Waals surface area contributed by atoms with E-state index in [2.05, 4.69) is 0 Å². The zero-order valence-corrected chi connectivity index (χ0v) is 17.5. The van der Waals surface area contributed by atoms with Gasteiger partial charge in [0.05, 0.1) is 4.90 Å². The maximum atomic E-state index is 12.8. The lowest BCUT2D eigenvalue weighted by atomic mass is 10.1. The molecule has 1 aliphatic rings. The van der Waals surface area contributed by atoms with Crippen LogP contribution in [0.2, 0.25) is 0 Å². The minimum atomic E-state index is -3.50. The smallest absolute Gasteiger partial charge is 0.331 e. The Morgan fingerprint density at radius 3 is 2.17 bits per heavy atom. The maximum Gasteiger partial charge on any atom is 0.331 e. The average Bonchev–Trinajstić information content (AvgIpc) is 3.07. The van der Waals surface area contributed by atoms with Crippen LogP contribution in [0.5, 0.6) is 0 Å². The molecule has 0 N–H and O–H groups in total. The molecule has 2 aromatic carbocycles. The van der Waals surface area contributed by atoms with Crippen LogP contribution in [0.15, 0.2) is 65.6 Å². The van der Waals surface area contributed by atoms with Crippen molar-refractivity contribution in [3.8, 4) is 0 Å². The first-order valence-electron chi connectivity index (χ1n) is 10.00. The summed E-state index contributed by atoms with van der Waals surface area (Å²) in [5, 5.41) is 0. The molecule has 7 heteroatoms. The predicted octanol–water partition coefficient (Wildman–Crippen LogP) is 3.69. The lowest BCUT2D eigenvalue weighted by Crippen LogP contribution is -2.31. The van der Waals surface area contributed by atoms with Gasteiger partial charge in [-0.3, -0.25) is 4.79 Å². The number of hydrogen-bond donors (Lipinski definition) is 0. The van der Waals surface area contributed by atoms with Gasteiger partial charge in [0.2, 0.25) is 10.0 Å². The van der Waals surface area contributed by atoms with E-state index in [1.807, 2.05) is 0 Å². The molecule has 0 aliphatic carbocycles. The highest BCUT2D eigenvalue weighted by atomic mass is 32.2. The molecule has 0 spiro atoms. The van der Waals surface area contributed by atoms with Crippen LogP contribution in [0.3, 0.4) is 0 Å². The highest BCUT2D eigenvalue weighted by Crippen LogP contribution is 2.21. The molecular weight excluding hydrogens is 402 g/mol. The Balaban J connectivity index is 1.56. The van der Waals surface area contributed by atoms with Crippen LogP contribution in [0, 0.1) is 0 Å². The van der Waals surface area contributed by atoms with Gasteiger partial charge in [-0.25, -0.2) is 13.2 Å². The molecule has 1 aliphatic heterocycles. The number of Topliss-reactive ketones (excluding diaryl/α,β-unsaturated/α-hetero) is 1. The first-order chi connectivity index (χ1) is 14.5. The van der Waals surface area contributed by atoms with Crippen LogP contribution in [-0.4, -0.2) is 44.2 Å². The number of ketones is 1. The largest absolute Gasteiger partial charge is 0.454 e. The maximum absolute atomic E-state index is 12.8. The normalized spacial score (nSPS) is 15.6. The Morgan fingerprint density at radius 2 is 1.53 bits per heavy atom. The van der Waals surface area contributed by atoms with Gasteiger partial charge in [0.15, 0.2) is 12.4 Å². The van der Waals surface area contributed by atoms with Crippen molar-refractivity contribution in [2.45, 2.75) is 30.6 Å². The summed E-state index contributed by atoms with van der Waals surface area (Å²) in [5.41, 5.74) is 1.15. The van der Waals surface area contributed by atoms with E-state index in [0.29, 0.717) is 24.2 Å². The molecular formula is C23H25NO5S. The van der Waals surface area contributed by atoms with E-state index in [0.717, 1.165) is 25.7 Å². The van der Waals surface area contributed by atoms with Crippen molar-refractivity contribution in [3.63, 3.8) is 0 Å². The van der Waals surface area contributed by atoms with E-state index in [-0.39, 0.29) is 17.3 Å². The van der Waals surface area contributed by atoms with Gasteiger partial charge in [0, 0.05) is 24.7 Å². The minimum Gasteiger partial charge on any atom is -0.454 e. The van der Waals surface area contributed by atoms with E-state index in [1.54, 1.807) is 58.9 Å². The van der Waals surface area contributed by atoms with E-state index in [9.17, 15) is 18.0 Å². The second-order valence-electron chi connectivity index (χ2n) is 7.12. The van der Waals surface area contributed by atoms with Crippen molar-refractivity contribution in [1.29, 1.82) is 0 Å². The summed E-state index contributed by atoms with van der Waals surface area (Å²) in [4.78, 5) is 24.0. The second kappa shape index (κ2) is 10.3. The van der Waals surface area contributed by atoms with Crippen LogP contribution in [0.25, 0.3) is 6.08 Å². The topological polar surface area (TPSA) is 80.8 Å². The summed E-state index contributed by atoms with van der Waals surface area (Å²) < 4.78 is 32.1. The third-order valence-corrected chi connectivity index (χ3v) is 6.85. The standard InChI is InChI=1S/C23H25NO5S/c25-22(20-8-4-3-5-9-20)18-29-23(26)15-12-19-10-13-21(14-11-19)30(27,28)24-16-6-1-2-7-17-24/h3-5,8-15H,1-2,6-7,16-18H2/b15-12+. The second-order valence-corrected chi connectivity index (χ2v) is 9.06. The van der Waals surface area contributed by atoms with Gasteiger partial charge >= 0.3 is 5.97 Å². The molecule has 0 bridgehead atoms. The van der Waals surface area contributed by atoms with E-state index < -0.39 is 16.0 Å². The molecule has 6 nitrogen and oxygen atoms in total. The monoisotopic (exact) mass is 427 g/mol. The third-order valence-electron chi connectivity index (χ3n) is 4.94. The number of carbonyl (C=O) groups is 2. The van der Waals surface area contributed by atoms with Gasteiger partial charge in [-0.1, -0.05) is 55.3 Å². The van der Waals surface area contributed by atoms with Crippen molar-refractivity contribution in [2.24, 2.45) is 0 Å². The average molecular weight is 428 g/mol. The molecule has 0 unspecified atom stereocenters.